The third kappa shape index (κ3) is 2.63. The molecule has 0 aromatic carbocycles. The first-order valence-electron chi connectivity index (χ1n) is 7.74. The van der Waals surface area contributed by atoms with E-state index >= 15 is 0 Å². The SMILES string of the molecule is CCC(CC)C1CCC2CC(C)CCC2C1. The van der Waals surface area contributed by atoms with Crippen molar-refractivity contribution in [3.63, 3.8) is 0 Å². The molecule has 0 bridgehead atoms. The highest BCUT2D eigenvalue weighted by Crippen LogP contribution is 2.47. The van der Waals surface area contributed by atoms with Gasteiger partial charge in [0.05, 0.1) is 0 Å². The molecule has 4 atom stereocenters. The van der Waals surface area contributed by atoms with Crippen LogP contribution in [0.3, 0.4) is 0 Å². The summed E-state index contributed by atoms with van der Waals surface area (Å²) in [5.74, 6) is 5.33. The zero-order chi connectivity index (χ0) is 11.5. The fraction of sp³-hybridized carbons (Fsp3) is 1.00. The summed E-state index contributed by atoms with van der Waals surface area (Å²) in [6, 6.07) is 0. The summed E-state index contributed by atoms with van der Waals surface area (Å²) in [6.07, 6.45) is 12.1. The van der Waals surface area contributed by atoms with E-state index in [0.717, 1.165) is 29.6 Å². The molecular weight excluding hydrogens is 192 g/mol. The topological polar surface area (TPSA) is 0 Å². The van der Waals surface area contributed by atoms with Crippen LogP contribution in [0.2, 0.25) is 0 Å². The van der Waals surface area contributed by atoms with Gasteiger partial charge in [-0.05, 0) is 61.7 Å². The van der Waals surface area contributed by atoms with Crippen molar-refractivity contribution in [2.75, 3.05) is 0 Å². The van der Waals surface area contributed by atoms with Crippen molar-refractivity contribution in [3.05, 3.63) is 0 Å². The average Bonchev–Trinajstić information content (AvgIpc) is 2.31. The Bertz CT molecular complexity index is 204. The van der Waals surface area contributed by atoms with Crippen molar-refractivity contribution < 1.29 is 0 Å². The van der Waals surface area contributed by atoms with E-state index in [0.29, 0.717) is 0 Å². The highest BCUT2D eigenvalue weighted by molar-refractivity contribution is 4.86. The number of hydrogen-bond acceptors (Lipinski definition) is 0. The standard InChI is InChI=1S/C16H30/c1-4-13(5-2)15-9-8-14-10-12(3)6-7-16(14)11-15/h12-16H,4-11H2,1-3H3. The van der Waals surface area contributed by atoms with Crippen molar-refractivity contribution >= 4 is 0 Å². The van der Waals surface area contributed by atoms with Gasteiger partial charge in [-0.3, -0.25) is 0 Å². The fourth-order valence-electron chi connectivity index (χ4n) is 4.54. The number of hydrogen-bond donors (Lipinski definition) is 0. The van der Waals surface area contributed by atoms with Crippen LogP contribution >= 0.6 is 0 Å². The van der Waals surface area contributed by atoms with Crippen molar-refractivity contribution in [1.82, 2.24) is 0 Å². The Morgan fingerprint density at radius 3 is 2.19 bits per heavy atom. The van der Waals surface area contributed by atoms with Crippen LogP contribution in [0.5, 0.6) is 0 Å². The van der Waals surface area contributed by atoms with Gasteiger partial charge in [-0.25, -0.2) is 0 Å². The van der Waals surface area contributed by atoms with Crippen molar-refractivity contribution in [1.29, 1.82) is 0 Å². The zero-order valence-electron chi connectivity index (χ0n) is 11.5. The summed E-state index contributed by atoms with van der Waals surface area (Å²) in [7, 11) is 0. The molecule has 0 aliphatic heterocycles. The number of rotatable bonds is 3. The second-order valence-electron chi connectivity index (χ2n) is 6.59. The second kappa shape index (κ2) is 5.56. The Balaban J connectivity index is 1.90. The summed E-state index contributed by atoms with van der Waals surface area (Å²) < 4.78 is 0. The van der Waals surface area contributed by atoms with Crippen LogP contribution in [0.15, 0.2) is 0 Å². The Labute approximate surface area is 102 Å². The normalized spacial score (nSPS) is 39.8. The van der Waals surface area contributed by atoms with Crippen LogP contribution in [-0.4, -0.2) is 0 Å². The van der Waals surface area contributed by atoms with Crippen LogP contribution in [-0.2, 0) is 0 Å². The molecule has 0 radical (unpaired) electrons. The van der Waals surface area contributed by atoms with E-state index in [2.05, 4.69) is 20.8 Å². The lowest BCUT2D eigenvalue weighted by Crippen LogP contribution is -2.32. The van der Waals surface area contributed by atoms with Gasteiger partial charge in [-0.15, -0.1) is 0 Å². The van der Waals surface area contributed by atoms with E-state index in [-0.39, 0.29) is 0 Å². The van der Waals surface area contributed by atoms with Crippen LogP contribution in [0, 0.1) is 29.6 Å². The van der Waals surface area contributed by atoms with Crippen LogP contribution < -0.4 is 0 Å². The quantitative estimate of drug-likeness (QED) is 0.610. The monoisotopic (exact) mass is 222 g/mol. The van der Waals surface area contributed by atoms with Gasteiger partial charge in [0.25, 0.3) is 0 Å². The minimum absolute atomic E-state index is 1.02. The molecule has 0 spiro atoms. The van der Waals surface area contributed by atoms with Gasteiger partial charge >= 0.3 is 0 Å². The maximum absolute atomic E-state index is 2.46. The van der Waals surface area contributed by atoms with Gasteiger partial charge in [0.1, 0.15) is 0 Å². The van der Waals surface area contributed by atoms with Gasteiger partial charge in [0.15, 0.2) is 0 Å². The second-order valence-corrected chi connectivity index (χ2v) is 6.59. The first-order valence-corrected chi connectivity index (χ1v) is 7.74. The Morgan fingerprint density at radius 2 is 1.50 bits per heavy atom. The lowest BCUT2D eigenvalue weighted by molar-refractivity contribution is 0.0772. The lowest BCUT2D eigenvalue weighted by atomic mass is 9.62. The van der Waals surface area contributed by atoms with Crippen molar-refractivity contribution in [3.8, 4) is 0 Å². The molecule has 0 aromatic heterocycles. The van der Waals surface area contributed by atoms with E-state index in [1.165, 1.54) is 19.3 Å². The minimum Gasteiger partial charge on any atom is -0.0651 e. The molecule has 16 heavy (non-hydrogen) atoms. The first-order chi connectivity index (χ1) is 7.74. The van der Waals surface area contributed by atoms with E-state index in [9.17, 15) is 0 Å². The molecule has 0 nitrogen and oxygen atoms in total. The minimum atomic E-state index is 1.02. The maximum Gasteiger partial charge on any atom is -0.0383 e. The summed E-state index contributed by atoms with van der Waals surface area (Å²) in [4.78, 5) is 0. The largest absolute Gasteiger partial charge is 0.0651 e. The Hall–Kier alpha value is 0. The molecule has 2 rings (SSSR count). The van der Waals surface area contributed by atoms with Crippen molar-refractivity contribution in [2.45, 2.75) is 72.1 Å². The van der Waals surface area contributed by atoms with Crippen LogP contribution in [0.1, 0.15) is 72.1 Å². The predicted octanol–water partition coefficient (Wildman–Crippen LogP) is 5.28. The molecule has 0 amide bonds. The molecule has 2 saturated carbocycles. The molecule has 0 saturated heterocycles. The zero-order valence-corrected chi connectivity index (χ0v) is 11.5. The average molecular weight is 222 g/mol. The summed E-state index contributed by atoms with van der Waals surface area (Å²) >= 11 is 0. The van der Waals surface area contributed by atoms with Gasteiger partial charge < -0.3 is 0 Å². The van der Waals surface area contributed by atoms with E-state index in [4.69, 9.17) is 0 Å². The van der Waals surface area contributed by atoms with E-state index in [1.54, 1.807) is 32.1 Å². The van der Waals surface area contributed by atoms with Gasteiger partial charge in [-0.1, -0.05) is 40.0 Å². The van der Waals surface area contributed by atoms with E-state index in [1.807, 2.05) is 0 Å². The summed E-state index contributed by atoms with van der Waals surface area (Å²) in [5, 5.41) is 0. The molecule has 2 fully saturated rings. The molecule has 0 aromatic rings. The maximum atomic E-state index is 2.46. The molecule has 4 unspecified atom stereocenters. The van der Waals surface area contributed by atoms with Gasteiger partial charge in [0, 0.05) is 0 Å². The highest BCUT2D eigenvalue weighted by Gasteiger charge is 2.35. The highest BCUT2D eigenvalue weighted by atomic mass is 14.4. The van der Waals surface area contributed by atoms with Gasteiger partial charge in [0.2, 0.25) is 0 Å². The van der Waals surface area contributed by atoms with Crippen LogP contribution in [0.4, 0.5) is 0 Å². The summed E-state index contributed by atoms with van der Waals surface area (Å²) in [6.45, 7) is 7.25. The summed E-state index contributed by atoms with van der Waals surface area (Å²) in [5.41, 5.74) is 0. The first kappa shape index (κ1) is 12.5. The predicted molar refractivity (Wildman–Crippen MR) is 71.4 cm³/mol. The molecule has 0 N–H and O–H groups in total. The van der Waals surface area contributed by atoms with Crippen molar-refractivity contribution in [2.24, 2.45) is 29.6 Å². The Morgan fingerprint density at radius 1 is 0.875 bits per heavy atom. The molecular formula is C16H30. The molecule has 2 aliphatic rings. The third-order valence-electron chi connectivity index (χ3n) is 5.63. The Kier molecular flexibility index (Phi) is 4.33. The van der Waals surface area contributed by atoms with Gasteiger partial charge in [-0.2, -0.15) is 0 Å². The lowest BCUT2D eigenvalue weighted by Gasteiger charge is -2.43. The number of fused-ring (bicyclic) bond motifs is 1. The molecule has 94 valence electrons. The molecule has 0 heterocycles. The van der Waals surface area contributed by atoms with Crippen LogP contribution in [0.25, 0.3) is 0 Å². The van der Waals surface area contributed by atoms with E-state index < -0.39 is 0 Å². The smallest absolute Gasteiger partial charge is 0.0383 e. The molecule has 0 heteroatoms. The third-order valence-corrected chi connectivity index (χ3v) is 5.63. The molecule has 2 aliphatic carbocycles. The fourth-order valence-corrected chi connectivity index (χ4v) is 4.54.